The lowest BCUT2D eigenvalue weighted by Gasteiger charge is -2.42. The highest BCUT2D eigenvalue weighted by Gasteiger charge is 2.40. The average molecular weight is 427 g/mol. The maximum Gasteiger partial charge on any atom is 0.0270 e. The molecule has 0 amide bonds. The van der Waals surface area contributed by atoms with Gasteiger partial charge in [-0.25, -0.2) is 0 Å². The molecule has 0 saturated heterocycles. The van der Waals surface area contributed by atoms with Gasteiger partial charge in [-0.05, 0) is 82.5 Å². The van der Waals surface area contributed by atoms with Crippen LogP contribution < -0.4 is 0 Å². The van der Waals surface area contributed by atoms with Crippen LogP contribution >= 0.6 is 0 Å². The van der Waals surface area contributed by atoms with Crippen molar-refractivity contribution in [3.8, 4) is 11.1 Å². The second-order valence-electron chi connectivity index (χ2n) is 9.24. The lowest BCUT2D eigenvalue weighted by molar-refractivity contribution is 0.410. The van der Waals surface area contributed by atoms with E-state index in [4.69, 9.17) is 0 Å². The third-order valence-corrected chi connectivity index (χ3v) is 7.21. The van der Waals surface area contributed by atoms with Crippen molar-refractivity contribution >= 4 is 0 Å². The molecule has 6 rings (SSSR count). The molecule has 0 bridgehead atoms. The van der Waals surface area contributed by atoms with Crippen molar-refractivity contribution in [2.24, 2.45) is 0 Å². The second-order valence-corrected chi connectivity index (χ2v) is 9.24. The summed E-state index contributed by atoms with van der Waals surface area (Å²) in [6.07, 6.45) is 19.6. The fraction of sp³-hybridized carbons (Fsp3) is 0.161. The van der Waals surface area contributed by atoms with Crippen molar-refractivity contribution in [1.82, 2.24) is 9.97 Å². The first-order valence-corrected chi connectivity index (χ1v) is 11.7. The summed E-state index contributed by atoms with van der Waals surface area (Å²) >= 11 is 0. The van der Waals surface area contributed by atoms with Crippen molar-refractivity contribution in [3.05, 3.63) is 144 Å². The van der Waals surface area contributed by atoms with Crippen molar-refractivity contribution in [2.75, 3.05) is 0 Å². The predicted molar refractivity (Wildman–Crippen MR) is 134 cm³/mol. The largest absolute Gasteiger partial charge is 0.265 e. The molecule has 2 aliphatic carbocycles. The van der Waals surface area contributed by atoms with Gasteiger partial charge in [0.15, 0.2) is 0 Å². The van der Waals surface area contributed by atoms with Gasteiger partial charge >= 0.3 is 0 Å². The topological polar surface area (TPSA) is 25.8 Å². The number of nitrogens with zero attached hydrogens (tertiary/aromatic N) is 2. The third kappa shape index (κ3) is 3.62. The first kappa shape index (κ1) is 19.9. The molecular formula is C31H26N2. The van der Waals surface area contributed by atoms with Crippen LogP contribution in [0.1, 0.15) is 33.7 Å². The lowest BCUT2D eigenvalue weighted by Crippen LogP contribution is -2.38. The molecule has 0 unspecified atom stereocenters. The zero-order chi connectivity index (χ0) is 22.1. The molecule has 160 valence electrons. The Morgan fingerprint density at radius 3 is 1.94 bits per heavy atom. The van der Waals surface area contributed by atoms with E-state index in [9.17, 15) is 0 Å². The Kier molecular flexibility index (Phi) is 4.99. The molecule has 0 aliphatic heterocycles. The average Bonchev–Trinajstić information content (AvgIpc) is 3.40. The monoisotopic (exact) mass is 426 g/mol. The molecule has 4 aromatic rings. The summed E-state index contributed by atoms with van der Waals surface area (Å²) in [6.45, 7) is 0. The standard InChI is InChI=1S/C31H26N2/c1-2-7-25(6-1)26-9-5-10-27-28-8-3-4-11-30(28)31(22-29(26)27,20-23-12-16-32-17-13-23)21-24-14-18-33-19-15-24/h1-19,25H,20-22H2. The van der Waals surface area contributed by atoms with Gasteiger partial charge < -0.3 is 0 Å². The van der Waals surface area contributed by atoms with E-state index in [0.717, 1.165) is 19.3 Å². The molecule has 2 aromatic carbocycles. The number of aromatic nitrogens is 2. The molecule has 0 atom stereocenters. The highest BCUT2D eigenvalue weighted by atomic mass is 14.6. The molecule has 0 fully saturated rings. The van der Waals surface area contributed by atoms with Crippen molar-refractivity contribution in [2.45, 2.75) is 30.6 Å². The van der Waals surface area contributed by atoms with E-state index in [2.05, 4.69) is 101 Å². The van der Waals surface area contributed by atoms with E-state index in [1.165, 1.54) is 38.9 Å². The Labute approximate surface area is 195 Å². The Balaban J connectivity index is 1.57. The van der Waals surface area contributed by atoms with Crippen LogP contribution in [-0.4, -0.2) is 9.97 Å². The van der Waals surface area contributed by atoms with Crippen LogP contribution in [-0.2, 0) is 24.7 Å². The molecule has 2 heterocycles. The molecule has 33 heavy (non-hydrogen) atoms. The van der Waals surface area contributed by atoms with E-state index in [0.29, 0.717) is 5.92 Å². The summed E-state index contributed by atoms with van der Waals surface area (Å²) in [6, 6.07) is 24.6. The van der Waals surface area contributed by atoms with Crippen LogP contribution in [0, 0.1) is 0 Å². The van der Waals surface area contributed by atoms with Gasteiger partial charge in [-0.1, -0.05) is 66.8 Å². The summed E-state index contributed by atoms with van der Waals surface area (Å²) in [5, 5.41) is 0. The van der Waals surface area contributed by atoms with Crippen molar-refractivity contribution in [3.63, 3.8) is 0 Å². The van der Waals surface area contributed by atoms with E-state index in [-0.39, 0.29) is 5.41 Å². The molecule has 0 saturated carbocycles. The summed E-state index contributed by atoms with van der Waals surface area (Å²) in [5.41, 5.74) is 9.73. The predicted octanol–water partition coefficient (Wildman–Crippen LogP) is 6.63. The molecule has 0 N–H and O–H groups in total. The Morgan fingerprint density at radius 2 is 1.27 bits per heavy atom. The molecule has 0 radical (unpaired) electrons. The summed E-state index contributed by atoms with van der Waals surface area (Å²) in [4.78, 5) is 8.54. The Bertz CT molecular complexity index is 1280. The van der Waals surface area contributed by atoms with Gasteiger partial charge in [0.25, 0.3) is 0 Å². The molecule has 0 spiro atoms. The van der Waals surface area contributed by atoms with Gasteiger partial charge in [-0.15, -0.1) is 0 Å². The van der Waals surface area contributed by atoms with Gasteiger partial charge in [-0.2, -0.15) is 0 Å². The molecule has 2 aliphatic rings. The molecular weight excluding hydrogens is 400 g/mol. The smallest absolute Gasteiger partial charge is 0.0270 e. The maximum atomic E-state index is 4.27. The number of pyridine rings is 2. The minimum atomic E-state index is -0.0472. The fourth-order valence-corrected chi connectivity index (χ4v) is 5.78. The van der Waals surface area contributed by atoms with Crippen molar-refractivity contribution < 1.29 is 0 Å². The van der Waals surface area contributed by atoms with Gasteiger partial charge in [0.05, 0.1) is 0 Å². The number of rotatable bonds is 5. The van der Waals surface area contributed by atoms with E-state index >= 15 is 0 Å². The zero-order valence-electron chi connectivity index (χ0n) is 18.6. The summed E-state index contributed by atoms with van der Waals surface area (Å²) in [7, 11) is 0. The minimum absolute atomic E-state index is 0.0472. The van der Waals surface area contributed by atoms with Crippen LogP contribution in [0.3, 0.4) is 0 Å². The first-order valence-electron chi connectivity index (χ1n) is 11.7. The van der Waals surface area contributed by atoms with Crippen LogP contribution in [0.25, 0.3) is 11.1 Å². The van der Waals surface area contributed by atoms with Gasteiger partial charge in [0, 0.05) is 36.1 Å². The number of hydrogen-bond acceptors (Lipinski definition) is 2. The lowest BCUT2D eigenvalue weighted by atomic mass is 9.61. The van der Waals surface area contributed by atoms with Crippen LogP contribution in [0.5, 0.6) is 0 Å². The maximum absolute atomic E-state index is 4.27. The van der Waals surface area contributed by atoms with Gasteiger partial charge in [-0.3, -0.25) is 9.97 Å². The third-order valence-electron chi connectivity index (χ3n) is 7.21. The normalized spacial score (nSPS) is 15.9. The minimum Gasteiger partial charge on any atom is -0.265 e. The number of hydrogen-bond donors (Lipinski definition) is 0. The molecule has 2 nitrogen and oxygen atoms in total. The SMILES string of the molecule is C1=CC(c2cccc3c2CC(Cc2ccncc2)(Cc2ccncc2)c2ccccc2-3)C=C1. The van der Waals surface area contributed by atoms with Crippen LogP contribution in [0.2, 0.25) is 0 Å². The Morgan fingerprint density at radius 1 is 0.667 bits per heavy atom. The van der Waals surface area contributed by atoms with Crippen molar-refractivity contribution in [1.29, 1.82) is 0 Å². The highest BCUT2D eigenvalue weighted by molar-refractivity contribution is 5.77. The van der Waals surface area contributed by atoms with E-state index in [1.54, 1.807) is 0 Å². The number of fused-ring (bicyclic) bond motifs is 3. The fourth-order valence-electron chi connectivity index (χ4n) is 5.78. The van der Waals surface area contributed by atoms with E-state index in [1.807, 2.05) is 24.8 Å². The number of allylic oxidation sites excluding steroid dienone is 4. The van der Waals surface area contributed by atoms with Gasteiger partial charge in [0.1, 0.15) is 0 Å². The van der Waals surface area contributed by atoms with Gasteiger partial charge in [0.2, 0.25) is 0 Å². The van der Waals surface area contributed by atoms with E-state index < -0.39 is 0 Å². The summed E-state index contributed by atoms with van der Waals surface area (Å²) < 4.78 is 0. The molecule has 2 aromatic heterocycles. The zero-order valence-corrected chi connectivity index (χ0v) is 18.6. The first-order chi connectivity index (χ1) is 16.3. The summed E-state index contributed by atoms with van der Waals surface area (Å²) in [5.74, 6) is 0.352. The highest BCUT2D eigenvalue weighted by Crippen LogP contribution is 2.49. The molecule has 2 heteroatoms. The number of benzene rings is 2. The van der Waals surface area contributed by atoms with Crippen LogP contribution in [0.15, 0.2) is 116 Å². The van der Waals surface area contributed by atoms with Crippen LogP contribution in [0.4, 0.5) is 0 Å². The quantitative estimate of drug-likeness (QED) is 0.358. The Hall–Kier alpha value is -3.78. The second kappa shape index (κ2) is 8.29.